The zero-order valence-electron chi connectivity index (χ0n) is 12.8. The monoisotopic (exact) mass is 297 g/mol. The number of rotatable bonds is 6. The molecule has 22 heavy (non-hydrogen) atoms. The summed E-state index contributed by atoms with van der Waals surface area (Å²) in [6.45, 7) is 2.86. The molecule has 0 aliphatic rings. The molecule has 0 bridgehead atoms. The molecule has 0 saturated carbocycles. The van der Waals surface area contributed by atoms with Crippen LogP contribution in [-0.4, -0.2) is 26.4 Å². The first-order valence-electron chi connectivity index (χ1n) is 7.41. The van der Waals surface area contributed by atoms with Crippen LogP contribution in [0.25, 0.3) is 11.0 Å². The lowest BCUT2D eigenvalue weighted by molar-refractivity contribution is 0.311. The molecule has 0 aliphatic carbocycles. The SMILES string of the molecule is CCCCOc1ccccc1Nc1ncnc2c1cnn2C. The van der Waals surface area contributed by atoms with Crippen molar-refractivity contribution in [3.05, 3.63) is 36.8 Å². The Bertz CT molecular complexity index is 768. The highest BCUT2D eigenvalue weighted by Gasteiger charge is 2.10. The number of benzene rings is 1. The highest BCUT2D eigenvalue weighted by Crippen LogP contribution is 2.29. The molecule has 0 unspecified atom stereocenters. The first-order chi connectivity index (χ1) is 10.8. The standard InChI is InChI=1S/C16H19N5O/c1-3-4-9-22-14-8-6-5-7-13(14)20-15-12-10-19-21(2)16(12)18-11-17-15/h5-8,10-11H,3-4,9H2,1-2H3,(H,17,18,20). The first kappa shape index (κ1) is 14.3. The van der Waals surface area contributed by atoms with E-state index in [4.69, 9.17) is 4.74 Å². The fourth-order valence-electron chi connectivity index (χ4n) is 2.21. The van der Waals surface area contributed by atoms with Crippen LogP contribution in [0.15, 0.2) is 36.8 Å². The molecule has 0 spiro atoms. The molecular weight excluding hydrogens is 278 g/mol. The normalized spacial score (nSPS) is 10.8. The number of aromatic nitrogens is 4. The smallest absolute Gasteiger partial charge is 0.163 e. The number of nitrogens with one attached hydrogen (secondary N) is 1. The zero-order valence-corrected chi connectivity index (χ0v) is 12.8. The molecule has 0 atom stereocenters. The van der Waals surface area contributed by atoms with Gasteiger partial charge in [0.15, 0.2) is 5.65 Å². The van der Waals surface area contributed by atoms with Crippen LogP contribution >= 0.6 is 0 Å². The van der Waals surface area contributed by atoms with Crippen LogP contribution in [0.4, 0.5) is 11.5 Å². The van der Waals surface area contributed by atoms with Crippen LogP contribution in [0.1, 0.15) is 19.8 Å². The third-order valence-corrected chi connectivity index (χ3v) is 3.43. The van der Waals surface area contributed by atoms with E-state index in [0.29, 0.717) is 6.61 Å². The molecule has 6 nitrogen and oxygen atoms in total. The van der Waals surface area contributed by atoms with Crippen molar-refractivity contribution in [1.29, 1.82) is 0 Å². The van der Waals surface area contributed by atoms with Gasteiger partial charge in [0, 0.05) is 7.05 Å². The molecule has 0 saturated heterocycles. The Morgan fingerprint density at radius 1 is 1.23 bits per heavy atom. The second-order valence-corrected chi connectivity index (χ2v) is 5.05. The van der Waals surface area contributed by atoms with Crippen LogP contribution < -0.4 is 10.1 Å². The largest absolute Gasteiger partial charge is 0.491 e. The molecule has 3 aromatic rings. The minimum atomic E-state index is 0.710. The van der Waals surface area contributed by atoms with E-state index in [1.165, 1.54) is 6.33 Å². The van der Waals surface area contributed by atoms with Crippen LogP contribution in [0, 0.1) is 0 Å². The molecule has 114 valence electrons. The first-order valence-corrected chi connectivity index (χ1v) is 7.41. The molecule has 0 aliphatic heterocycles. The molecular formula is C16H19N5O. The maximum atomic E-state index is 5.84. The van der Waals surface area contributed by atoms with Crippen LogP contribution in [0.3, 0.4) is 0 Å². The Balaban J connectivity index is 1.88. The van der Waals surface area contributed by atoms with E-state index in [9.17, 15) is 0 Å². The maximum absolute atomic E-state index is 5.84. The summed E-state index contributed by atoms with van der Waals surface area (Å²) in [5, 5.41) is 8.43. The number of aryl methyl sites for hydroxylation is 1. The predicted molar refractivity (Wildman–Crippen MR) is 86.4 cm³/mol. The Morgan fingerprint density at radius 2 is 2.09 bits per heavy atom. The van der Waals surface area contributed by atoms with Gasteiger partial charge < -0.3 is 10.1 Å². The van der Waals surface area contributed by atoms with Gasteiger partial charge in [0.25, 0.3) is 0 Å². The van der Waals surface area contributed by atoms with E-state index < -0.39 is 0 Å². The third-order valence-electron chi connectivity index (χ3n) is 3.43. The fraction of sp³-hybridized carbons (Fsp3) is 0.312. The van der Waals surface area contributed by atoms with Crippen molar-refractivity contribution in [2.24, 2.45) is 7.05 Å². The fourth-order valence-corrected chi connectivity index (χ4v) is 2.21. The minimum Gasteiger partial charge on any atom is -0.491 e. The van der Waals surface area contributed by atoms with Gasteiger partial charge in [-0.2, -0.15) is 5.10 Å². The molecule has 1 aromatic carbocycles. The summed E-state index contributed by atoms with van der Waals surface area (Å²) >= 11 is 0. The molecule has 2 aromatic heterocycles. The zero-order chi connectivity index (χ0) is 15.4. The van der Waals surface area contributed by atoms with Crippen molar-refractivity contribution in [3.63, 3.8) is 0 Å². The summed E-state index contributed by atoms with van der Waals surface area (Å²) in [7, 11) is 1.86. The quantitative estimate of drug-likeness (QED) is 0.707. The number of hydrogen-bond donors (Lipinski definition) is 1. The Morgan fingerprint density at radius 3 is 2.95 bits per heavy atom. The van der Waals surface area contributed by atoms with Gasteiger partial charge >= 0.3 is 0 Å². The Kier molecular flexibility index (Phi) is 4.18. The highest BCUT2D eigenvalue weighted by molar-refractivity contribution is 5.88. The minimum absolute atomic E-state index is 0.710. The van der Waals surface area contributed by atoms with Gasteiger partial charge in [-0.3, -0.25) is 4.68 Å². The number of anilines is 2. The summed E-state index contributed by atoms with van der Waals surface area (Å²) in [4.78, 5) is 8.57. The molecule has 6 heteroatoms. The van der Waals surface area contributed by atoms with Gasteiger partial charge in [0.05, 0.1) is 23.9 Å². The van der Waals surface area contributed by atoms with E-state index in [-0.39, 0.29) is 0 Å². The molecule has 1 N–H and O–H groups in total. The van der Waals surface area contributed by atoms with Crippen LogP contribution in [0.5, 0.6) is 5.75 Å². The molecule has 3 rings (SSSR count). The second kappa shape index (κ2) is 6.43. The van der Waals surface area contributed by atoms with Gasteiger partial charge in [-0.25, -0.2) is 9.97 Å². The summed E-state index contributed by atoms with van der Waals surface area (Å²) in [5.41, 5.74) is 1.68. The van der Waals surface area contributed by atoms with Crippen molar-refractivity contribution in [3.8, 4) is 5.75 Å². The van der Waals surface area contributed by atoms with Crippen molar-refractivity contribution >= 4 is 22.5 Å². The van der Waals surface area contributed by atoms with Crippen molar-refractivity contribution in [2.75, 3.05) is 11.9 Å². The van der Waals surface area contributed by atoms with Crippen molar-refractivity contribution < 1.29 is 4.74 Å². The van der Waals surface area contributed by atoms with Gasteiger partial charge in [-0.05, 0) is 18.6 Å². The lowest BCUT2D eigenvalue weighted by Gasteiger charge is -2.12. The number of unbranched alkanes of at least 4 members (excludes halogenated alkanes) is 1. The predicted octanol–water partition coefficient (Wildman–Crippen LogP) is 3.29. The number of hydrogen-bond acceptors (Lipinski definition) is 5. The summed E-state index contributed by atoms with van der Waals surface area (Å²) < 4.78 is 7.57. The molecule has 0 fully saturated rings. The van der Waals surface area contributed by atoms with Gasteiger partial charge in [0.2, 0.25) is 0 Å². The Hall–Kier alpha value is -2.63. The van der Waals surface area contributed by atoms with E-state index in [2.05, 4.69) is 27.3 Å². The molecule has 2 heterocycles. The van der Waals surface area contributed by atoms with Crippen LogP contribution in [-0.2, 0) is 7.05 Å². The second-order valence-electron chi connectivity index (χ2n) is 5.05. The number of para-hydroxylation sites is 2. The highest BCUT2D eigenvalue weighted by atomic mass is 16.5. The van der Waals surface area contributed by atoms with Crippen LogP contribution in [0.2, 0.25) is 0 Å². The lowest BCUT2D eigenvalue weighted by atomic mass is 10.2. The molecule has 0 radical (unpaired) electrons. The summed E-state index contributed by atoms with van der Waals surface area (Å²) in [6, 6.07) is 7.87. The number of fused-ring (bicyclic) bond motifs is 1. The summed E-state index contributed by atoms with van der Waals surface area (Å²) in [6.07, 6.45) is 5.44. The average molecular weight is 297 g/mol. The van der Waals surface area contributed by atoms with E-state index in [1.54, 1.807) is 10.9 Å². The molecule has 0 amide bonds. The Labute approximate surface area is 129 Å². The van der Waals surface area contributed by atoms with Crippen molar-refractivity contribution in [1.82, 2.24) is 19.7 Å². The summed E-state index contributed by atoms with van der Waals surface area (Å²) in [5.74, 6) is 1.55. The van der Waals surface area contributed by atoms with Gasteiger partial charge in [-0.1, -0.05) is 25.5 Å². The topological polar surface area (TPSA) is 64.9 Å². The third kappa shape index (κ3) is 2.86. The van der Waals surface area contributed by atoms with E-state index >= 15 is 0 Å². The average Bonchev–Trinajstić information content (AvgIpc) is 2.92. The number of nitrogens with zero attached hydrogens (tertiary/aromatic N) is 4. The van der Waals surface area contributed by atoms with Crippen molar-refractivity contribution in [2.45, 2.75) is 19.8 Å². The van der Waals surface area contributed by atoms with E-state index in [0.717, 1.165) is 41.1 Å². The van der Waals surface area contributed by atoms with E-state index in [1.807, 2.05) is 31.3 Å². The maximum Gasteiger partial charge on any atom is 0.163 e. The lowest BCUT2D eigenvalue weighted by Crippen LogP contribution is -2.02. The van der Waals surface area contributed by atoms with Gasteiger partial charge in [-0.15, -0.1) is 0 Å². The number of ether oxygens (including phenoxy) is 1. The van der Waals surface area contributed by atoms with Gasteiger partial charge in [0.1, 0.15) is 17.9 Å².